The van der Waals surface area contributed by atoms with E-state index in [1.54, 1.807) is 6.07 Å². The molecule has 0 aliphatic rings. The number of rotatable bonds is 8. The Morgan fingerprint density at radius 2 is 2.16 bits per heavy atom. The van der Waals surface area contributed by atoms with Crippen LogP contribution in [0, 0.1) is 0 Å². The maximum Gasteiger partial charge on any atom is 0.250 e. The Morgan fingerprint density at radius 3 is 2.84 bits per heavy atom. The lowest BCUT2D eigenvalue weighted by molar-refractivity contribution is -0.120. The van der Waals surface area contributed by atoms with Crippen LogP contribution >= 0.6 is 0 Å². The predicted octanol–water partition coefficient (Wildman–Crippen LogP) is 1.60. The molecule has 1 N–H and O–H groups in total. The molecule has 1 amide bonds. The highest BCUT2D eigenvalue weighted by Gasteiger charge is 2.03. The number of hydrogen-bond donors (Lipinski definition) is 1. The number of carbonyl (C=O) groups excluding carboxylic acids is 1. The van der Waals surface area contributed by atoms with Gasteiger partial charge in [0, 0.05) is 24.9 Å². The summed E-state index contributed by atoms with van der Waals surface area (Å²) in [6, 6.07) is 7.34. The summed E-state index contributed by atoms with van der Waals surface area (Å²) in [5, 5.41) is 2.76. The summed E-state index contributed by atoms with van der Waals surface area (Å²) in [4.78, 5) is 13.6. The van der Waals surface area contributed by atoms with Gasteiger partial charge in [-0.2, -0.15) is 0 Å². The smallest absolute Gasteiger partial charge is 0.250 e. The highest BCUT2D eigenvalue weighted by molar-refractivity contribution is 5.91. The van der Waals surface area contributed by atoms with Crippen molar-refractivity contribution in [2.45, 2.75) is 6.92 Å². The van der Waals surface area contributed by atoms with Crippen LogP contribution in [0.1, 0.15) is 6.92 Å². The number of amides is 1. The molecule has 5 nitrogen and oxygen atoms in total. The summed E-state index contributed by atoms with van der Waals surface area (Å²) in [5.41, 5.74) is 0.715. The quantitative estimate of drug-likeness (QED) is 0.776. The van der Waals surface area contributed by atoms with Crippen molar-refractivity contribution in [2.75, 3.05) is 45.8 Å². The number of likely N-dealkylation sites (N-methyl/N-ethyl adjacent to an activating group) is 1. The van der Waals surface area contributed by atoms with Crippen LogP contribution in [-0.2, 0) is 9.53 Å². The van der Waals surface area contributed by atoms with Crippen molar-refractivity contribution in [1.82, 2.24) is 4.90 Å². The van der Waals surface area contributed by atoms with Crippen LogP contribution in [0.5, 0.6) is 5.75 Å². The van der Waals surface area contributed by atoms with Gasteiger partial charge in [-0.05, 0) is 33.2 Å². The Morgan fingerprint density at radius 1 is 1.37 bits per heavy atom. The fraction of sp³-hybridized carbons (Fsp3) is 0.500. The first kappa shape index (κ1) is 15.5. The van der Waals surface area contributed by atoms with E-state index in [2.05, 4.69) is 5.32 Å². The van der Waals surface area contributed by atoms with Crippen LogP contribution in [0.4, 0.5) is 5.69 Å². The first-order chi connectivity index (χ1) is 9.11. The highest BCUT2D eigenvalue weighted by Crippen LogP contribution is 2.17. The van der Waals surface area contributed by atoms with Gasteiger partial charge in [0.15, 0.2) is 0 Å². The molecule has 1 aromatic rings. The molecule has 1 aromatic carbocycles. The Bertz CT molecular complexity index is 394. The second-order valence-corrected chi connectivity index (χ2v) is 4.36. The van der Waals surface area contributed by atoms with Crippen molar-refractivity contribution in [3.63, 3.8) is 0 Å². The number of hydrogen-bond acceptors (Lipinski definition) is 4. The van der Waals surface area contributed by atoms with E-state index in [0.29, 0.717) is 18.9 Å². The van der Waals surface area contributed by atoms with Gasteiger partial charge in [0.05, 0.1) is 0 Å². The molecule has 0 bridgehead atoms. The zero-order chi connectivity index (χ0) is 14.1. The Labute approximate surface area is 114 Å². The lowest BCUT2D eigenvalue weighted by Gasteiger charge is -2.12. The first-order valence-electron chi connectivity index (χ1n) is 6.37. The molecule has 0 spiro atoms. The van der Waals surface area contributed by atoms with Crippen molar-refractivity contribution in [3.05, 3.63) is 24.3 Å². The summed E-state index contributed by atoms with van der Waals surface area (Å²) in [6.45, 7) is 3.92. The Kier molecular flexibility index (Phi) is 6.92. The third-order valence-electron chi connectivity index (χ3n) is 2.36. The largest absolute Gasteiger partial charge is 0.492 e. The summed E-state index contributed by atoms with van der Waals surface area (Å²) >= 11 is 0. The molecule has 0 aromatic heterocycles. The van der Waals surface area contributed by atoms with E-state index in [1.807, 2.05) is 44.1 Å². The third-order valence-corrected chi connectivity index (χ3v) is 2.36. The Hall–Kier alpha value is -1.59. The SMILES string of the molecule is CCOCC(=O)Nc1cccc(OCCN(C)C)c1. The average Bonchev–Trinajstić information content (AvgIpc) is 2.36. The molecule has 0 radical (unpaired) electrons. The van der Waals surface area contributed by atoms with Gasteiger partial charge in [-0.25, -0.2) is 0 Å². The fourth-order valence-electron chi connectivity index (χ4n) is 1.40. The topological polar surface area (TPSA) is 50.8 Å². The van der Waals surface area contributed by atoms with Crippen molar-refractivity contribution in [1.29, 1.82) is 0 Å². The van der Waals surface area contributed by atoms with Crippen molar-refractivity contribution in [3.8, 4) is 5.75 Å². The lowest BCUT2D eigenvalue weighted by Crippen LogP contribution is -2.20. The van der Waals surface area contributed by atoms with Gasteiger partial charge < -0.3 is 19.7 Å². The molecule has 0 aliphatic carbocycles. The van der Waals surface area contributed by atoms with E-state index in [1.165, 1.54) is 0 Å². The summed E-state index contributed by atoms with van der Waals surface area (Å²) in [7, 11) is 3.99. The normalized spacial score (nSPS) is 10.5. The summed E-state index contributed by atoms with van der Waals surface area (Å²) < 4.78 is 10.6. The minimum absolute atomic E-state index is 0.0716. The molecular weight excluding hydrogens is 244 g/mol. The molecule has 0 saturated heterocycles. The molecule has 19 heavy (non-hydrogen) atoms. The van der Waals surface area contributed by atoms with Crippen LogP contribution in [0.2, 0.25) is 0 Å². The number of anilines is 1. The van der Waals surface area contributed by atoms with Gasteiger partial charge in [0.25, 0.3) is 0 Å². The molecule has 0 heterocycles. The molecule has 106 valence electrons. The van der Waals surface area contributed by atoms with E-state index < -0.39 is 0 Å². The van der Waals surface area contributed by atoms with Crippen LogP contribution < -0.4 is 10.1 Å². The van der Waals surface area contributed by atoms with Gasteiger partial charge in [-0.3, -0.25) is 4.79 Å². The molecule has 0 aliphatic heterocycles. The first-order valence-corrected chi connectivity index (χ1v) is 6.37. The van der Waals surface area contributed by atoms with Crippen LogP contribution in [0.15, 0.2) is 24.3 Å². The number of nitrogens with one attached hydrogen (secondary N) is 1. The monoisotopic (exact) mass is 266 g/mol. The second kappa shape index (κ2) is 8.50. The minimum Gasteiger partial charge on any atom is -0.492 e. The second-order valence-electron chi connectivity index (χ2n) is 4.36. The van der Waals surface area contributed by atoms with Crippen LogP contribution in [0.25, 0.3) is 0 Å². The molecule has 1 rings (SSSR count). The third kappa shape index (κ3) is 6.79. The van der Waals surface area contributed by atoms with E-state index in [9.17, 15) is 4.79 Å². The number of nitrogens with zero attached hydrogens (tertiary/aromatic N) is 1. The summed E-state index contributed by atoms with van der Waals surface area (Å²) in [5.74, 6) is 0.586. The summed E-state index contributed by atoms with van der Waals surface area (Å²) in [6.07, 6.45) is 0. The van der Waals surface area contributed by atoms with Crippen molar-refractivity contribution in [2.24, 2.45) is 0 Å². The van der Waals surface area contributed by atoms with E-state index in [4.69, 9.17) is 9.47 Å². The van der Waals surface area contributed by atoms with Crippen LogP contribution in [-0.4, -0.2) is 51.3 Å². The average molecular weight is 266 g/mol. The predicted molar refractivity (Wildman–Crippen MR) is 75.6 cm³/mol. The number of ether oxygens (including phenoxy) is 2. The fourth-order valence-corrected chi connectivity index (χ4v) is 1.40. The van der Waals surface area contributed by atoms with E-state index >= 15 is 0 Å². The molecule has 0 atom stereocenters. The molecular formula is C14H22N2O3. The van der Waals surface area contributed by atoms with Gasteiger partial charge in [-0.1, -0.05) is 6.07 Å². The highest BCUT2D eigenvalue weighted by atomic mass is 16.5. The maximum atomic E-state index is 11.5. The standard InChI is InChI=1S/C14H22N2O3/c1-4-18-11-14(17)15-12-6-5-7-13(10-12)19-9-8-16(2)3/h5-7,10H,4,8-9,11H2,1-3H3,(H,15,17). The molecule has 0 saturated carbocycles. The van der Waals surface area contributed by atoms with Gasteiger partial charge in [0.2, 0.25) is 5.91 Å². The molecule has 0 unspecified atom stereocenters. The zero-order valence-corrected chi connectivity index (χ0v) is 11.8. The number of benzene rings is 1. The minimum atomic E-state index is -0.160. The van der Waals surface area contributed by atoms with Gasteiger partial charge in [-0.15, -0.1) is 0 Å². The van der Waals surface area contributed by atoms with E-state index in [0.717, 1.165) is 12.3 Å². The molecule has 0 fully saturated rings. The maximum absolute atomic E-state index is 11.5. The Balaban J connectivity index is 2.45. The lowest BCUT2D eigenvalue weighted by atomic mass is 10.3. The van der Waals surface area contributed by atoms with Crippen molar-refractivity contribution < 1.29 is 14.3 Å². The van der Waals surface area contributed by atoms with Crippen molar-refractivity contribution >= 4 is 11.6 Å². The van der Waals surface area contributed by atoms with Gasteiger partial charge >= 0.3 is 0 Å². The van der Waals surface area contributed by atoms with E-state index in [-0.39, 0.29) is 12.5 Å². The van der Waals surface area contributed by atoms with Crippen LogP contribution in [0.3, 0.4) is 0 Å². The van der Waals surface area contributed by atoms with Gasteiger partial charge in [0.1, 0.15) is 19.0 Å². The zero-order valence-electron chi connectivity index (χ0n) is 11.8. The number of carbonyl (C=O) groups is 1. The molecule has 5 heteroatoms.